The predicted octanol–water partition coefficient (Wildman–Crippen LogP) is 1.56. The molecule has 0 bridgehead atoms. The maximum absolute atomic E-state index is 12.0. The second-order valence-electron chi connectivity index (χ2n) is 6.71. The Morgan fingerprint density at radius 1 is 1.19 bits per heavy atom. The van der Waals surface area contributed by atoms with E-state index in [1.807, 2.05) is 0 Å². The number of nitro groups is 1. The van der Waals surface area contributed by atoms with Crippen LogP contribution in [0.1, 0.15) is 16.8 Å². The van der Waals surface area contributed by atoms with Gasteiger partial charge in [-0.1, -0.05) is 12.1 Å². The van der Waals surface area contributed by atoms with E-state index in [-0.39, 0.29) is 47.8 Å². The summed E-state index contributed by atoms with van der Waals surface area (Å²) in [5.74, 6) is 0.433. The number of methoxy groups -OCH3 is 1. The maximum atomic E-state index is 12.0. The van der Waals surface area contributed by atoms with Crippen molar-refractivity contribution in [2.24, 2.45) is 0 Å². The summed E-state index contributed by atoms with van der Waals surface area (Å²) in [5.41, 5.74) is -2.53. The molecule has 0 aliphatic rings. The number of rotatable bonds is 8. The molecule has 0 radical (unpaired) electrons. The quantitative estimate of drug-likeness (QED) is 0.136. The molecule has 172 valence electrons. The number of nitro benzene ring substituents is 1. The molecule has 14 heteroatoms. The molecule has 0 spiro atoms. The van der Waals surface area contributed by atoms with Crippen LogP contribution in [0.5, 0.6) is 5.75 Å². The number of hydrogen-bond donors (Lipinski definition) is 5. The number of fused-ring (bicyclic) bond motifs is 1. The van der Waals surface area contributed by atoms with E-state index >= 15 is 0 Å². The van der Waals surface area contributed by atoms with Crippen LogP contribution in [0.2, 0.25) is 0 Å². The zero-order valence-corrected chi connectivity index (χ0v) is 18.3. The molecule has 0 saturated heterocycles. The minimum Gasteiger partial charge on any atom is -0.497 e. The maximum Gasteiger partial charge on any atom is 0.334 e. The summed E-state index contributed by atoms with van der Waals surface area (Å²) < 4.78 is 17.1. The molecule has 5 N–H and O–H groups in total. The first-order valence-corrected chi connectivity index (χ1v) is 10.6. The second-order valence-corrected chi connectivity index (χ2v) is 8.51. The first-order chi connectivity index (χ1) is 14.6. The Morgan fingerprint density at radius 3 is 2.50 bits per heavy atom. The molecule has 1 aromatic heterocycles. The molecular weight excluding hydrogens is 467 g/mol. The van der Waals surface area contributed by atoms with Gasteiger partial charge in [0.15, 0.2) is 0 Å². The SMILES string of the molecule is COc1cccc(C(CNCc2cc([N+](=O)[O-])cc3[nH]c(=O)c(=O)[nH]c23)P(=O)(O)O)c1.Cl. The lowest BCUT2D eigenvalue weighted by molar-refractivity contribution is -0.384. The normalized spacial score (nSPS) is 12.2. The van der Waals surface area contributed by atoms with Crippen molar-refractivity contribution in [2.75, 3.05) is 13.7 Å². The highest BCUT2D eigenvalue weighted by molar-refractivity contribution is 7.52. The largest absolute Gasteiger partial charge is 0.497 e. The Bertz CT molecular complexity index is 1300. The van der Waals surface area contributed by atoms with Crippen LogP contribution in [0, 0.1) is 10.1 Å². The van der Waals surface area contributed by atoms with Gasteiger partial charge in [-0.05, 0) is 23.3 Å². The van der Waals surface area contributed by atoms with E-state index in [1.54, 1.807) is 18.2 Å². The number of hydrogen-bond acceptors (Lipinski definition) is 7. The van der Waals surface area contributed by atoms with Gasteiger partial charge in [-0.2, -0.15) is 0 Å². The molecule has 3 aromatic rings. The molecule has 1 unspecified atom stereocenters. The van der Waals surface area contributed by atoms with E-state index < -0.39 is 29.3 Å². The summed E-state index contributed by atoms with van der Waals surface area (Å²) in [4.78, 5) is 58.1. The van der Waals surface area contributed by atoms with Gasteiger partial charge in [0.2, 0.25) is 0 Å². The van der Waals surface area contributed by atoms with E-state index in [4.69, 9.17) is 4.74 Å². The van der Waals surface area contributed by atoms with Gasteiger partial charge in [-0.3, -0.25) is 24.3 Å². The fraction of sp³-hybridized carbons (Fsp3) is 0.222. The van der Waals surface area contributed by atoms with Crippen molar-refractivity contribution in [2.45, 2.75) is 12.2 Å². The van der Waals surface area contributed by atoms with Gasteiger partial charge in [0, 0.05) is 25.2 Å². The highest BCUT2D eigenvalue weighted by Crippen LogP contribution is 2.51. The number of aromatic nitrogens is 2. The number of nitrogens with one attached hydrogen (secondary N) is 3. The van der Waals surface area contributed by atoms with E-state index in [0.29, 0.717) is 11.3 Å². The van der Waals surface area contributed by atoms with Crippen LogP contribution in [0.3, 0.4) is 0 Å². The highest BCUT2D eigenvalue weighted by Gasteiger charge is 2.30. The van der Waals surface area contributed by atoms with E-state index in [0.717, 1.165) is 6.07 Å². The van der Waals surface area contributed by atoms with Gasteiger partial charge in [-0.15, -0.1) is 12.4 Å². The molecule has 0 saturated carbocycles. The van der Waals surface area contributed by atoms with Crippen LogP contribution in [0.25, 0.3) is 11.0 Å². The molecule has 2 aromatic carbocycles. The zero-order valence-electron chi connectivity index (χ0n) is 16.6. The second kappa shape index (κ2) is 10.1. The number of non-ortho nitro benzene ring substituents is 1. The average molecular weight is 487 g/mol. The van der Waals surface area contributed by atoms with E-state index in [2.05, 4.69) is 15.3 Å². The van der Waals surface area contributed by atoms with Gasteiger partial charge in [0.25, 0.3) is 5.69 Å². The number of ether oxygens (including phenoxy) is 1. The van der Waals surface area contributed by atoms with Gasteiger partial charge in [0.05, 0.1) is 28.7 Å². The van der Waals surface area contributed by atoms with Crippen molar-refractivity contribution in [3.8, 4) is 5.75 Å². The first kappa shape index (κ1) is 25.2. The third kappa shape index (κ3) is 5.61. The van der Waals surface area contributed by atoms with Crippen molar-refractivity contribution < 1.29 is 24.0 Å². The topological polar surface area (TPSA) is 188 Å². The number of H-pyrrole nitrogens is 2. The number of benzene rings is 2. The summed E-state index contributed by atoms with van der Waals surface area (Å²) in [6.45, 7) is -0.240. The molecule has 0 fully saturated rings. The van der Waals surface area contributed by atoms with Gasteiger partial charge in [-0.25, -0.2) is 0 Å². The number of halogens is 1. The van der Waals surface area contributed by atoms with Crippen LogP contribution in [-0.4, -0.2) is 38.3 Å². The Morgan fingerprint density at radius 2 is 1.88 bits per heavy atom. The Balaban J connectivity index is 0.00000363. The number of nitrogens with zero attached hydrogens (tertiary/aromatic N) is 1. The van der Waals surface area contributed by atoms with Crippen LogP contribution in [0.15, 0.2) is 46.0 Å². The standard InChI is InChI=1S/C18H19N4O8P.ClH/c1-30-13-4-2-3-10(6-13)15(31(27,28)29)9-19-8-11-5-12(22(25)26)7-14-16(11)21-18(24)17(23)20-14;/h2-7,15,19H,8-9H2,1H3,(H,20,23)(H,21,24)(H2,27,28,29);1H. The molecule has 1 atom stereocenters. The van der Waals surface area contributed by atoms with Crippen molar-refractivity contribution in [1.82, 2.24) is 15.3 Å². The smallest absolute Gasteiger partial charge is 0.334 e. The van der Waals surface area contributed by atoms with Crippen LogP contribution >= 0.6 is 20.0 Å². The molecule has 0 amide bonds. The molecule has 12 nitrogen and oxygen atoms in total. The van der Waals surface area contributed by atoms with Crippen molar-refractivity contribution in [3.05, 3.63) is 78.3 Å². The zero-order chi connectivity index (χ0) is 22.8. The molecule has 1 heterocycles. The van der Waals surface area contributed by atoms with Crippen LogP contribution in [-0.2, 0) is 11.1 Å². The summed E-state index contributed by atoms with van der Waals surface area (Å²) in [7, 11) is -3.14. The van der Waals surface area contributed by atoms with Crippen LogP contribution < -0.4 is 21.2 Å². The number of aromatic amines is 2. The fourth-order valence-corrected chi connectivity index (χ4v) is 4.06. The highest BCUT2D eigenvalue weighted by atomic mass is 35.5. The average Bonchev–Trinajstić information content (AvgIpc) is 2.71. The lowest BCUT2D eigenvalue weighted by Gasteiger charge is -2.20. The minimum atomic E-state index is -4.57. The summed E-state index contributed by atoms with van der Waals surface area (Å²) in [6, 6.07) is 8.63. The summed E-state index contributed by atoms with van der Waals surface area (Å²) in [6.07, 6.45) is 0. The van der Waals surface area contributed by atoms with Crippen molar-refractivity contribution in [1.29, 1.82) is 0 Å². The van der Waals surface area contributed by atoms with E-state index in [1.165, 1.54) is 19.2 Å². The molecule has 0 aliphatic carbocycles. The monoisotopic (exact) mass is 486 g/mol. The lowest BCUT2D eigenvalue weighted by Crippen LogP contribution is -2.29. The van der Waals surface area contributed by atoms with E-state index in [9.17, 15) is 34.1 Å². The molecule has 0 aliphatic heterocycles. The fourth-order valence-electron chi connectivity index (χ4n) is 3.15. The predicted molar refractivity (Wildman–Crippen MR) is 119 cm³/mol. The first-order valence-electron chi connectivity index (χ1n) is 8.93. The Hall–Kier alpha value is -3.02. The van der Waals surface area contributed by atoms with Gasteiger partial charge < -0.3 is 29.8 Å². The lowest BCUT2D eigenvalue weighted by atomic mass is 10.1. The Kier molecular flexibility index (Phi) is 7.94. The third-order valence-electron chi connectivity index (χ3n) is 4.65. The minimum absolute atomic E-state index is 0. The third-order valence-corrected chi connectivity index (χ3v) is 5.94. The van der Waals surface area contributed by atoms with Gasteiger partial charge in [0.1, 0.15) is 5.75 Å². The summed E-state index contributed by atoms with van der Waals surface area (Å²) >= 11 is 0. The van der Waals surface area contributed by atoms with Crippen molar-refractivity contribution in [3.63, 3.8) is 0 Å². The van der Waals surface area contributed by atoms with Crippen LogP contribution in [0.4, 0.5) is 5.69 Å². The molecule has 3 rings (SSSR count). The Labute approximate surface area is 186 Å². The van der Waals surface area contributed by atoms with Gasteiger partial charge >= 0.3 is 18.7 Å². The van der Waals surface area contributed by atoms with Crippen molar-refractivity contribution >= 4 is 36.7 Å². The summed E-state index contributed by atoms with van der Waals surface area (Å²) in [5, 5.41) is 14.1. The molecular formula is C18H20ClN4O8P. The molecule has 32 heavy (non-hydrogen) atoms.